The number of rotatable bonds is 4. The van der Waals surface area contributed by atoms with Crippen LogP contribution in [0, 0.1) is 5.92 Å². The Hall–Kier alpha value is -1.09. The lowest BCUT2D eigenvalue weighted by Crippen LogP contribution is -2.38. The molecule has 3 nitrogen and oxygen atoms in total. The molecular weight excluding hydrogens is 272 g/mol. The molecule has 1 aliphatic rings. The van der Waals surface area contributed by atoms with Gasteiger partial charge in [-0.2, -0.15) is 0 Å². The number of halogens is 1. The summed E-state index contributed by atoms with van der Waals surface area (Å²) in [7, 11) is 0. The van der Waals surface area contributed by atoms with Gasteiger partial charge in [0, 0.05) is 24.3 Å². The summed E-state index contributed by atoms with van der Waals surface area (Å²) in [5.41, 5.74) is 1.59. The monoisotopic (exact) mass is 294 g/mol. The Kier molecular flexibility index (Phi) is 5.41. The van der Waals surface area contributed by atoms with Crippen molar-refractivity contribution in [3.63, 3.8) is 0 Å². The Morgan fingerprint density at radius 2 is 2.05 bits per heavy atom. The Balaban J connectivity index is 2.09. The van der Waals surface area contributed by atoms with E-state index in [9.17, 15) is 4.79 Å². The highest BCUT2D eigenvalue weighted by Gasteiger charge is 2.23. The number of aryl methyl sites for hydroxylation is 1. The summed E-state index contributed by atoms with van der Waals surface area (Å²) in [6, 6.07) is 3.58. The molecule has 0 aromatic carbocycles. The first-order valence-electron chi connectivity index (χ1n) is 7.59. The number of likely N-dealkylation sites (tertiary alicyclic amines) is 1. The molecule has 0 N–H and O–H groups in total. The van der Waals surface area contributed by atoms with Gasteiger partial charge in [-0.25, -0.2) is 4.98 Å². The highest BCUT2D eigenvalue weighted by Crippen LogP contribution is 2.22. The average Bonchev–Trinajstić information content (AvgIpc) is 2.46. The molecule has 0 unspecified atom stereocenters. The summed E-state index contributed by atoms with van der Waals surface area (Å²) in [4.78, 5) is 18.8. The lowest BCUT2D eigenvalue weighted by molar-refractivity contribution is 0.0688. The summed E-state index contributed by atoms with van der Waals surface area (Å²) in [5.74, 6) is 0.872. The first-order valence-corrected chi connectivity index (χ1v) is 7.97. The molecule has 2 rings (SSSR count). The number of nitrogens with zero attached hydrogens (tertiary/aromatic N) is 2. The number of hydrogen-bond donors (Lipinski definition) is 0. The van der Waals surface area contributed by atoms with Crippen LogP contribution in [0.5, 0.6) is 0 Å². The number of aromatic nitrogens is 1. The molecule has 1 fully saturated rings. The number of carbonyl (C=O) groups is 1. The minimum Gasteiger partial charge on any atom is -0.339 e. The number of amides is 1. The fourth-order valence-corrected chi connectivity index (χ4v) is 3.01. The highest BCUT2D eigenvalue weighted by atomic mass is 35.5. The second-order valence-corrected chi connectivity index (χ2v) is 5.95. The minimum absolute atomic E-state index is 0.0983. The molecular formula is C16H23ClN2O. The predicted molar refractivity (Wildman–Crippen MR) is 82.2 cm³/mol. The van der Waals surface area contributed by atoms with Crippen molar-refractivity contribution in [1.29, 1.82) is 0 Å². The number of piperidine rings is 1. The van der Waals surface area contributed by atoms with E-state index >= 15 is 0 Å². The van der Waals surface area contributed by atoms with E-state index in [1.54, 1.807) is 6.07 Å². The lowest BCUT2D eigenvalue weighted by Gasteiger charge is -2.31. The van der Waals surface area contributed by atoms with Crippen LogP contribution < -0.4 is 0 Å². The summed E-state index contributed by atoms with van der Waals surface area (Å²) < 4.78 is 0. The van der Waals surface area contributed by atoms with Crippen LogP contribution in [0.15, 0.2) is 12.1 Å². The zero-order chi connectivity index (χ0) is 14.5. The maximum absolute atomic E-state index is 12.5. The SMILES string of the molecule is CCCc1cc(C(=O)N2CCC(CC)CC2)cc(Cl)n1. The van der Waals surface area contributed by atoms with Gasteiger partial charge in [0.15, 0.2) is 0 Å². The van der Waals surface area contributed by atoms with Crippen LogP contribution in [0.25, 0.3) is 0 Å². The average molecular weight is 295 g/mol. The summed E-state index contributed by atoms with van der Waals surface area (Å²) >= 11 is 6.03. The van der Waals surface area contributed by atoms with E-state index in [4.69, 9.17) is 11.6 Å². The molecule has 2 heterocycles. The molecule has 0 bridgehead atoms. The first kappa shape index (κ1) is 15.3. The van der Waals surface area contributed by atoms with Crippen LogP contribution >= 0.6 is 11.6 Å². The molecule has 110 valence electrons. The third-order valence-electron chi connectivity index (χ3n) is 4.08. The quantitative estimate of drug-likeness (QED) is 0.788. The van der Waals surface area contributed by atoms with Gasteiger partial charge in [-0.3, -0.25) is 4.79 Å². The molecule has 1 aliphatic heterocycles. The number of pyridine rings is 1. The van der Waals surface area contributed by atoms with Gasteiger partial charge in [0.2, 0.25) is 0 Å². The second kappa shape index (κ2) is 7.07. The van der Waals surface area contributed by atoms with E-state index in [0.717, 1.165) is 50.4 Å². The topological polar surface area (TPSA) is 33.2 Å². The number of hydrogen-bond acceptors (Lipinski definition) is 2. The zero-order valence-corrected chi connectivity index (χ0v) is 13.1. The predicted octanol–water partition coefficient (Wildman–Crippen LogP) is 3.95. The van der Waals surface area contributed by atoms with Gasteiger partial charge in [0.1, 0.15) is 5.15 Å². The van der Waals surface area contributed by atoms with Gasteiger partial charge in [0.25, 0.3) is 5.91 Å². The van der Waals surface area contributed by atoms with E-state index in [2.05, 4.69) is 18.8 Å². The third-order valence-corrected chi connectivity index (χ3v) is 4.27. The third kappa shape index (κ3) is 3.72. The van der Waals surface area contributed by atoms with Crippen molar-refractivity contribution in [2.24, 2.45) is 5.92 Å². The Bertz CT molecular complexity index is 468. The summed E-state index contributed by atoms with van der Waals surface area (Å²) in [6.45, 7) is 6.04. The molecule has 0 aliphatic carbocycles. The normalized spacial score (nSPS) is 16.4. The summed E-state index contributed by atoms with van der Waals surface area (Å²) in [6.07, 6.45) is 5.30. The van der Waals surface area contributed by atoms with Crippen LogP contribution in [0.3, 0.4) is 0 Å². The minimum atomic E-state index is 0.0983. The van der Waals surface area contributed by atoms with E-state index in [-0.39, 0.29) is 5.91 Å². The van der Waals surface area contributed by atoms with Gasteiger partial charge >= 0.3 is 0 Å². The van der Waals surface area contributed by atoms with Crippen molar-refractivity contribution < 1.29 is 4.79 Å². The zero-order valence-electron chi connectivity index (χ0n) is 12.4. The van der Waals surface area contributed by atoms with E-state index in [1.165, 1.54) is 6.42 Å². The Labute approximate surface area is 126 Å². The maximum atomic E-state index is 12.5. The lowest BCUT2D eigenvalue weighted by atomic mass is 9.94. The standard InChI is InChI=1S/C16H23ClN2O/c1-3-5-14-10-13(11-15(17)18-14)16(20)19-8-6-12(4-2)7-9-19/h10-12H,3-9H2,1-2H3. The largest absolute Gasteiger partial charge is 0.339 e. The van der Waals surface area contributed by atoms with E-state index in [1.807, 2.05) is 11.0 Å². The van der Waals surface area contributed by atoms with Gasteiger partial charge in [-0.05, 0) is 37.3 Å². The summed E-state index contributed by atoms with van der Waals surface area (Å²) in [5, 5.41) is 0.419. The van der Waals surface area contributed by atoms with Gasteiger partial charge < -0.3 is 4.90 Å². The van der Waals surface area contributed by atoms with Crippen LogP contribution in [-0.2, 0) is 6.42 Å². The van der Waals surface area contributed by atoms with Crippen molar-refractivity contribution in [2.45, 2.75) is 46.0 Å². The molecule has 0 radical (unpaired) electrons. The van der Waals surface area contributed by atoms with Crippen molar-refractivity contribution in [3.8, 4) is 0 Å². The molecule has 0 atom stereocenters. The van der Waals surface area contributed by atoms with Gasteiger partial charge in [0.05, 0.1) is 0 Å². The molecule has 20 heavy (non-hydrogen) atoms. The molecule has 0 saturated carbocycles. The maximum Gasteiger partial charge on any atom is 0.254 e. The molecule has 1 aromatic rings. The van der Waals surface area contributed by atoms with E-state index < -0.39 is 0 Å². The van der Waals surface area contributed by atoms with Gasteiger partial charge in [-0.1, -0.05) is 38.3 Å². The molecule has 1 amide bonds. The van der Waals surface area contributed by atoms with Gasteiger partial charge in [-0.15, -0.1) is 0 Å². The van der Waals surface area contributed by atoms with Crippen LogP contribution in [0.1, 0.15) is 55.6 Å². The fourth-order valence-electron chi connectivity index (χ4n) is 2.79. The fraction of sp³-hybridized carbons (Fsp3) is 0.625. The van der Waals surface area contributed by atoms with Crippen LogP contribution in [0.2, 0.25) is 5.15 Å². The van der Waals surface area contributed by atoms with Crippen molar-refractivity contribution >= 4 is 17.5 Å². The highest BCUT2D eigenvalue weighted by molar-refractivity contribution is 6.29. The molecule has 4 heteroatoms. The van der Waals surface area contributed by atoms with Crippen molar-refractivity contribution in [2.75, 3.05) is 13.1 Å². The Morgan fingerprint density at radius 3 is 2.65 bits per heavy atom. The van der Waals surface area contributed by atoms with Crippen molar-refractivity contribution in [1.82, 2.24) is 9.88 Å². The Morgan fingerprint density at radius 1 is 1.35 bits per heavy atom. The molecule has 0 spiro atoms. The smallest absolute Gasteiger partial charge is 0.254 e. The van der Waals surface area contributed by atoms with Crippen molar-refractivity contribution in [3.05, 3.63) is 28.5 Å². The second-order valence-electron chi connectivity index (χ2n) is 5.56. The van der Waals surface area contributed by atoms with E-state index in [0.29, 0.717) is 10.7 Å². The number of carbonyl (C=O) groups excluding carboxylic acids is 1. The van der Waals surface area contributed by atoms with Crippen LogP contribution in [0.4, 0.5) is 0 Å². The molecule has 1 aromatic heterocycles. The molecule has 1 saturated heterocycles. The van der Waals surface area contributed by atoms with Crippen LogP contribution in [-0.4, -0.2) is 28.9 Å². The first-order chi connectivity index (χ1) is 9.63.